The average molecular weight is 450 g/mol. The molecule has 1 aromatic rings. The van der Waals surface area contributed by atoms with Crippen LogP contribution in [0.3, 0.4) is 0 Å². The molecule has 7 heteroatoms. The molecule has 0 N–H and O–H groups in total. The van der Waals surface area contributed by atoms with Gasteiger partial charge in [0.15, 0.2) is 0 Å². The molecule has 0 bridgehead atoms. The maximum atomic E-state index is 13.1. The molecule has 0 aliphatic heterocycles. The van der Waals surface area contributed by atoms with Crippen molar-refractivity contribution in [2.45, 2.75) is 71.0 Å². The summed E-state index contributed by atoms with van der Waals surface area (Å²) in [5, 5.41) is 1.29. The molecule has 1 aliphatic carbocycles. The van der Waals surface area contributed by atoms with E-state index in [0.29, 0.717) is 33.1 Å². The number of carbonyl (C=O) groups is 2. The maximum Gasteiger partial charge on any atom is 0.336 e. The van der Waals surface area contributed by atoms with Crippen molar-refractivity contribution in [1.82, 2.24) is 0 Å². The van der Waals surface area contributed by atoms with Crippen LogP contribution in [0.25, 0.3) is 0 Å². The molecule has 0 aromatic heterocycles. The smallest absolute Gasteiger partial charge is 0.336 e. The number of ether oxygens (including phenoxy) is 1. The van der Waals surface area contributed by atoms with Crippen molar-refractivity contribution in [2.24, 2.45) is 5.92 Å². The summed E-state index contributed by atoms with van der Waals surface area (Å²) in [5.41, 5.74) is 4.89. The number of rotatable bonds is 6. The van der Waals surface area contributed by atoms with Gasteiger partial charge >= 0.3 is 11.9 Å². The maximum absolute atomic E-state index is 13.1. The van der Waals surface area contributed by atoms with Crippen LogP contribution in [0.4, 0.5) is 5.69 Å². The molecule has 30 heavy (non-hydrogen) atoms. The molecule has 1 amide bonds. The topological polar surface area (TPSA) is 55.8 Å². The van der Waals surface area contributed by atoms with Gasteiger partial charge in [0.1, 0.15) is 13.8 Å². The second-order valence-electron chi connectivity index (χ2n) is 8.75. The fraction of sp³-hybridized carbons (Fsp3) is 0.565. The van der Waals surface area contributed by atoms with Crippen molar-refractivity contribution >= 4 is 37.2 Å². The number of hydrogen-bond acceptors (Lipinski definition) is 4. The Balaban J connectivity index is 2.43. The minimum absolute atomic E-state index is 0.155. The lowest BCUT2D eigenvalue weighted by Crippen LogP contribution is -2.44. The third-order valence-corrected chi connectivity index (χ3v) is 12.5. The summed E-state index contributed by atoms with van der Waals surface area (Å²) in [6.45, 7) is 13.1. The van der Waals surface area contributed by atoms with Crippen molar-refractivity contribution < 1.29 is 19.2 Å². The first kappa shape index (κ1) is 24.3. The van der Waals surface area contributed by atoms with Gasteiger partial charge in [-0.3, -0.25) is 4.79 Å². The number of carbonyl (C=O) groups excluding carboxylic acids is 2. The van der Waals surface area contributed by atoms with Crippen LogP contribution < -0.4 is 9.80 Å². The van der Waals surface area contributed by atoms with E-state index in [-0.39, 0.29) is 5.92 Å². The summed E-state index contributed by atoms with van der Waals surface area (Å²) in [6.07, 6.45) is 1.56. The van der Waals surface area contributed by atoms with Crippen molar-refractivity contribution in [3.8, 4) is 17.2 Å². The number of hydrogen-bond donors (Lipinski definition) is 0. The Morgan fingerprint density at radius 2 is 1.67 bits per heavy atom. The number of hydroxylamine groups is 1. The highest BCUT2D eigenvalue weighted by Gasteiger charge is 2.42. The molecular weight excluding hydrogens is 418 g/mol. The Kier molecular flexibility index (Phi) is 8.01. The second kappa shape index (κ2) is 9.89. The van der Waals surface area contributed by atoms with Crippen LogP contribution in [-0.2, 0) is 14.4 Å². The van der Waals surface area contributed by atoms with Crippen LogP contribution >= 0.6 is 11.6 Å². The quantitative estimate of drug-likeness (QED) is 0.314. The SMILES string of the molecule is COc1ccc(N(OC(=O)C2CC2)C(=O)C#C[Si](C(C)C)(C(C)C)C(C)C)cc1Cl. The first-order valence-corrected chi connectivity index (χ1v) is 13.1. The predicted octanol–water partition coefficient (Wildman–Crippen LogP) is 5.77. The highest BCUT2D eigenvalue weighted by atomic mass is 35.5. The Hall–Kier alpha value is -1.97. The summed E-state index contributed by atoms with van der Waals surface area (Å²) in [7, 11) is -0.597. The molecular formula is C23H32ClNO4Si. The van der Waals surface area contributed by atoms with Gasteiger partial charge in [-0.25, -0.2) is 4.79 Å². The van der Waals surface area contributed by atoms with E-state index in [9.17, 15) is 9.59 Å². The Labute approximate surface area is 186 Å². The van der Waals surface area contributed by atoms with Gasteiger partial charge in [0.25, 0.3) is 0 Å². The van der Waals surface area contributed by atoms with Gasteiger partial charge in [0, 0.05) is 0 Å². The van der Waals surface area contributed by atoms with Gasteiger partial charge in [-0.05, 0) is 53.6 Å². The zero-order valence-electron chi connectivity index (χ0n) is 18.9. The van der Waals surface area contributed by atoms with Gasteiger partial charge in [-0.1, -0.05) is 53.1 Å². The molecule has 5 nitrogen and oxygen atoms in total. The van der Waals surface area contributed by atoms with Crippen molar-refractivity contribution in [3.05, 3.63) is 23.2 Å². The summed E-state index contributed by atoms with van der Waals surface area (Å²) >= 11 is 6.23. The Bertz CT molecular complexity index is 831. The number of benzene rings is 1. The van der Waals surface area contributed by atoms with Gasteiger partial charge in [-0.15, -0.1) is 10.6 Å². The van der Waals surface area contributed by atoms with E-state index < -0.39 is 20.0 Å². The zero-order chi connectivity index (χ0) is 22.6. The molecule has 1 fully saturated rings. The Morgan fingerprint density at radius 1 is 1.10 bits per heavy atom. The first-order chi connectivity index (χ1) is 14.0. The summed E-state index contributed by atoms with van der Waals surface area (Å²) in [5.74, 6) is 2.16. The average Bonchev–Trinajstić information content (AvgIpc) is 3.50. The molecule has 164 valence electrons. The largest absolute Gasteiger partial charge is 0.495 e. The van der Waals surface area contributed by atoms with Crippen LogP contribution in [0.5, 0.6) is 5.75 Å². The highest BCUT2D eigenvalue weighted by molar-refractivity contribution is 6.90. The molecule has 0 radical (unpaired) electrons. The first-order valence-electron chi connectivity index (χ1n) is 10.5. The zero-order valence-corrected chi connectivity index (χ0v) is 20.7. The lowest BCUT2D eigenvalue weighted by Gasteiger charge is -2.38. The van der Waals surface area contributed by atoms with E-state index in [0.717, 1.165) is 17.9 Å². The van der Waals surface area contributed by atoms with E-state index in [1.807, 2.05) is 0 Å². The molecule has 1 saturated carbocycles. The van der Waals surface area contributed by atoms with Crippen LogP contribution in [0.2, 0.25) is 21.6 Å². The molecule has 0 atom stereocenters. The van der Waals surface area contributed by atoms with Crippen LogP contribution in [0.1, 0.15) is 54.4 Å². The van der Waals surface area contributed by atoms with Gasteiger partial charge in [0.2, 0.25) is 0 Å². The molecule has 0 unspecified atom stereocenters. The Morgan fingerprint density at radius 3 is 2.10 bits per heavy atom. The van der Waals surface area contributed by atoms with Crippen molar-refractivity contribution in [1.29, 1.82) is 0 Å². The van der Waals surface area contributed by atoms with Crippen LogP contribution in [-0.4, -0.2) is 27.1 Å². The lowest BCUT2D eigenvalue weighted by atomic mass is 10.3. The molecule has 1 aliphatic rings. The summed E-state index contributed by atoms with van der Waals surface area (Å²) in [6, 6.07) is 4.80. The van der Waals surface area contributed by atoms with Crippen molar-refractivity contribution in [2.75, 3.05) is 12.2 Å². The highest BCUT2D eigenvalue weighted by Crippen LogP contribution is 2.41. The van der Waals surface area contributed by atoms with Crippen LogP contribution in [0.15, 0.2) is 18.2 Å². The summed E-state index contributed by atoms with van der Waals surface area (Å²) < 4.78 is 5.18. The number of amides is 1. The monoisotopic (exact) mass is 449 g/mol. The van der Waals surface area contributed by atoms with E-state index in [2.05, 4.69) is 53.0 Å². The normalized spacial score (nSPS) is 13.8. The number of anilines is 1. The third-order valence-electron chi connectivity index (χ3n) is 5.90. The lowest BCUT2D eigenvalue weighted by molar-refractivity contribution is -0.150. The van der Waals surface area contributed by atoms with Gasteiger partial charge < -0.3 is 9.57 Å². The molecule has 0 saturated heterocycles. The number of methoxy groups -OCH3 is 1. The summed E-state index contributed by atoms with van der Waals surface area (Å²) in [4.78, 5) is 30.9. The van der Waals surface area contributed by atoms with E-state index in [4.69, 9.17) is 21.2 Å². The molecule has 0 heterocycles. The number of halogens is 1. The van der Waals surface area contributed by atoms with Gasteiger partial charge in [-0.2, -0.15) is 0 Å². The predicted molar refractivity (Wildman–Crippen MR) is 123 cm³/mol. The standard InChI is InChI=1S/C23H32ClNO4Si/c1-15(2)30(16(3)4,17(5)6)13-12-22(26)25(29-23(27)18-8-9-18)19-10-11-21(28-7)20(24)14-19/h10-11,14-18H,8-9H2,1-7H3. The fourth-order valence-electron chi connectivity index (χ4n) is 4.12. The fourth-order valence-corrected chi connectivity index (χ4v) is 9.56. The second-order valence-corrected chi connectivity index (χ2v) is 14.7. The van der Waals surface area contributed by atoms with Gasteiger partial charge in [0.05, 0.1) is 23.7 Å². The van der Waals surface area contributed by atoms with Crippen molar-refractivity contribution in [3.63, 3.8) is 0 Å². The van der Waals surface area contributed by atoms with E-state index in [1.165, 1.54) is 13.2 Å². The number of nitrogens with zero attached hydrogens (tertiary/aromatic N) is 1. The van der Waals surface area contributed by atoms with Crippen LogP contribution in [0, 0.1) is 17.4 Å². The minimum Gasteiger partial charge on any atom is -0.495 e. The molecule has 2 rings (SSSR count). The molecule has 1 aromatic carbocycles. The minimum atomic E-state index is -2.11. The third kappa shape index (κ3) is 5.19. The molecule has 0 spiro atoms. The van der Waals surface area contributed by atoms with E-state index >= 15 is 0 Å². The van der Waals surface area contributed by atoms with E-state index in [1.54, 1.807) is 12.1 Å².